The zero-order valence-electron chi connectivity index (χ0n) is 12.5. The molecule has 4 bridgehead atoms. The number of rotatable bonds is 5. The number of nitrogens with one attached hydrogen (secondary N) is 1. The molecule has 108 valence electrons. The fourth-order valence-electron chi connectivity index (χ4n) is 5.14. The molecule has 0 aromatic carbocycles. The van der Waals surface area contributed by atoms with Crippen molar-refractivity contribution in [2.75, 3.05) is 20.6 Å². The van der Waals surface area contributed by atoms with Crippen molar-refractivity contribution in [1.29, 1.82) is 0 Å². The van der Waals surface area contributed by atoms with E-state index in [1.807, 2.05) is 14.1 Å². The molecule has 3 heteroatoms. The highest BCUT2D eigenvalue weighted by molar-refractivity contribution is 5.75. The predicted octanol–water partition coefficient (Wildman–Crippen LogP) is 2.41. The van der Waals surface area contributed by atoms with Gasteiger partial charge in [0.25, 0.3) is 0 Å². The van der Waals surface area contributed by atoms with Gasteiger partial charge in [0.15, 0.2) is 0 Å². The van der Waals surface area contributed by atoms with Crippen molar-refractivity contribution < 1.29 is 4.79 Å². The van der Waals surface area contributed by atoms with Gasteiger partial charge in [-0.2, -0.15) is 0 Å². The lowest BCUT2D eigenvalue weighted by molar-refractivity contribution is -0.128. The third kappa shape index (κ3) is 2.81. The first kappa shape index (κ1) is 13.4. The molecule has 1 amide bonds. The lowest BCUT2D eigenvalue weighted by Crippen LogP contribution is -2.58. The van der Waals surface area contributed by atoms with Gasteiger partial charge in [0, 0.05) is 26.1 Å². The average molecular weight is 264 g/mol. The Balaban J connectivity index is 1.46. The van der Waals surface area contributed by atoms with E-state index in [1.54, 1.807) is 4.90 Å². The number of hydrogen-bond donors (Lipinski definition) is 1. The predicted molar refractivity (Wildman–Crippen MR) is 76.8 cm³/mol. The largest absolute Gasteiger partial charge is 0.349 e. The summed E-state index contributed by atoms with van der Waals surface area (Å²) in [6.45, 7) is 1.02. The van der Waals surface area contributed by atoms with Gasteiger partial charge in [-0.3, -0.25) is 4.79 Å². The van der Waals surface area contributed by atoms with Crippen LogP contribution in [0.25, 0.3) is 0 Å². The molecule has 4 rings (SSSR count). The summed E-state index contributed by atoms with van der Waals surface area (Å²) in [6, 6.07) is 0. The van der Waals surface area contributed by atoms with E-state index in [4.69, 9.17) is 0 Å². The summed E-state index contributed by atoms with van der Waals surface area (Å²) in [5.74, 6) is 3.26. The standard InChI is InChI=1S/C16H28N2O/c1-18(2)15(19)4-3-5-17-16-9-12-6-13(10-16)8-14(7-12)11-16/h12-14,17H,3-11H2,1-2H3. The maximum atomic E-state index is 11.6. The average Bonchev–Trinajstić information content (AvgIpc) is 2.32. The van der Waals surface area contributed by atoms with Crippen LogP contribution in [0.15, 0.2) is 0 Å². The van der Waals surface area contributed by atoms with Crippen LogP contribution in [0.4, 0.5) is 0 Å². The van der Waals surface area contributed by atoms with Crippen LogP contribution >= 0.6 is 0 Å². The van der Waals surface area contributed by atoms with Gasteiger partial charge >= 0.3 is 0 Å². The summed E-state index contributed by atoms with van der Waals surface area (Å²) in [5.41, 5.74) is 0.454. The molecule has 0 spiro atoms. The quantitative estimate of drug-likeness (QED) is 0.773. The van der Waals surface area contributed by atoms with Crippen LogP contribution in [-0.2, 0) is 4.79 Å². The van der Waals surface area contributed by atoms with Crippen LogP contribution in [-0.4, -0.2) is 37.0 Å². The number of carbonyl (C=O) groups is 1. The van der Waals surface area contributed by atoms with E-state index in [9.17, 15) is 4.79 Å². The maximum Gasteiger partial charge on any atom is 0.222 e. The number of hydrogen-bond acceptors (Lipinski definition) is 2. The van der Waals surface area contributed by atoms with E-state index in [2.05, 4.69) is 5.32 Å². The minimum Gasteiger partial charge on any atom is -0.349 e. The van der Waals surface area contributed by atoms with Crippen LogP contribution in [0.2, 0.25) is 0 Å². The van der Waals surface area contributed by atoms with Gasteiger partial charge in [-0.25, -0.2) is 0 Å². The molecule has 0 unspecified atom stereocenters. The van der Waals surface area contributed by atoms with Crippen molar-refractivity contribution in [1.82, 2.24) is 10.2 Å². The van der Waals surface area contributed by atoms with Crippen LogP contribution in [0.3, 0.4) is 0 Å². The van der Waals surface area contributed by atoms with Gasteiger partial charge in [0.1, 0.15) is 0 Å². The first-order chi connectivity index (χ1) is 9.06. The van der Waals surface area contributed by atoms with Gasteiger partial charge in [0.05, 0.1) is 0 Å². The number of nitrogens with zero attached hydrogens (tertiary/aromatic N) is 1. The van der Waals surface area contributed by atoms with E-state index < -0.39 is 0 Å². The molecule has 0 aromatic heterocycles. The van der Waals surface area contributed by atoms with E-state index in [1.165, 1.54) is 38.5 Å². The minimum atomic E-state index is 0.257. The monoisotopic (exact) mass is 264 g/mol. The molecule has 0 radical (unpaired) electrons. The summed E-state index contributed by atoms with van der Waals surface area (Å²) in [5, 5.41) is 3.85. The lowest BCUT2D eigenvalue weighted by atomic mass is 9.53. The van der Waals surface area contributed by atoms with Gasteiger partial charge in [-0.1, -0.05) is 0 Å². The molecule has 0 aromatic rings. The molecular formula is C16H28N2O. The SMILES string of the molecule is CN(C)C(=O)CCCNC12CC3CC(CC(C3)C1)C2. The highest BCUT2D eigenvalue weighted by Gasteiger charge is 2.50. The molecule has 0 heterocycles. The first-order valence-corrected chi connectivity index (χ1v) is 8.01. The van der Waals surface area contributed by atoms with Crippen molar-refractivity contribution in [3.05, 3.63) is 0 Å². The second-order valence-corrected chi connectivity index (χ2v) is 7.52. The molecule has 0 atom stereocenters. The molecular weight excluding hydrogens is 236 g/mol. The third-order valence-electron chi connectivity index (χ3n) is 5.60. The van der Waals surface area contributed by atoms with Crippen LogP contribution in [0.5, 0.6) is 0 Å². The topological polar surface area (TPSA) is 32.3 Å². The molecule has 4 aliphatic rings. The summed E-state index contributed by atoms with van der Waals surface area (Å²) >= 11 is 0. The highest BCUT2D eigenvalue weighted by atomic mass is 16.2. The molecule has 0 aliphatic heterocycles. The maximum absolute atomic E-state index is 11.6. The van der Waals surface area contributed by atoms with Crippen LogP contribution in [0, 0.1) is 17.8 Å². The van der Waals surface area contributed by atoms with E-state index in [0.717, 1.165) is 30.7 Å². The summed E-state index contributed by atoms with van der Waals surface area (Å²) < 4.78 is 0. The molecule has 3 nitrogen and oxygen atoms in total. The minimum absolute atomic E-state index is 0.257. The summed E-state index contributed by atoms with van der Waals surface area (Å²) in [7, 11) is 3.68. The van der Waals surface area contributed by atoms with Crippen LogP contribution < -0.4 is 5.32 Å². The lowest BCUT2D eigenvalue weighted by Gasteiger charge is -2.57. The summed E-state index contributed by atoms with van der Waals surface area (Å²) in [6.07, 6.45) is 10.4. The Morgan fingerprint density at radius 2 is 1.63 bits per heavy atom. The Kier molecular flexibility index (Phi) is 3.59. The van der Waals surface area contributed by atoms with Gasteiger partial charge in [0.2, 0.25) is 5.91 Å². The van der Waals surface area contributed by atoms with E-state index >= 15 is 0 Å². The van der Waals surface area contributed by atoms with Crippen molar-refractivity contribution in [2.24, 2.45) is 17.8 Å². The Labute approximate surface area is 117 Å². The molecule has 1 N–H and O–H groups in total. The molecule has 4 aliphatic carbocycles. The first-order valence-electron chi connectivity index (χ1n) is 8.01. The zero-order chi connectivity index (χ0) is 13.5. The Hall–Kier alpha value is -0.570. The number of carbonyl (C=O) groups excluding carboxylic acids is 1. The molecule has 0 saturated heterocycles. The fourth-order valence-corrected chi connectivity index (χ4v) is 5.14. The summed E-state index contributed by atoms with van der Waals surface area (Å²) in [4.78, 5) is 13.3. The second kappa shape index (κ2) is 5.08. The number of amides is 1. The zero-order valence-corrected chi connectivity index (χ0v) is 12.5. The van der Waals surface area contributed by atoms with Crippen molar-refractivity contribution in [2.45, 2.75) is 56.9 Å². The van der Waals surface area contributed by atoms with E-state index in [-0.39, 0.29) is 5.91 Å². The van der Waals surface area contributed by atoms with Crippen molar-refractivity contribution in [3.63, 3.8) is 0 Å². The highest BCUT2D eigenvalue weighted by Crippen LogP contribution is 2.55. The Morgan fingerprint density at radius 3 is 2.11 bits per heavy atom. The second-order valence-electron chi connectivity index (χ2n) is 7.52. The normalized spacial score (nSPS) is 39.6. The van der Waals surface area contributed by atoms with E-state index in [0.29, 0.717) is 12.0 Å². The van der Waals surface area contributed by atoms with Gasteiger partial charge in [-0.15, -0.1) is 0 Å². The van der Waals surface area contributed by atoms with Gasteiger partial charge in [-0.05, 0) is 69.2 Å². The Bertz CT molecular complexity index is 315. The van der Waals surface area contributed by atoms with Crippen molar-refractivity contribution >= 4 is 5.91 Å². The van der Waals surface area contributed by atoms with Crippen LogP contribution in [0.1, 0.15) is 51.4 Å². The smallest absolute Gasteiger partial charge is 0.222 e. The third-order valence-corrected chi connectivity index (χ3v) is 5.60. The molecule has 4 fully saturated rings. The molecule has 19 heavy (non-hydrogen) atoms. The fraction of sp³-hybridized carbons (Fsp3) is 0.938. The molecule has 4 saturated carbocycles. The van der Waals surface area contributed by atoms with Gasteiger partial charge < -0.3 is 10.2 Å². The van der Waals surface area contributed by atoms with Crippen molar-refractivity contribution in [3.8, 4) is 0 Å². The Morgan fingerprint density at radius 1 is 1.11 bits per heavy atom.